The van der Waals surface area contributed by atoms with Crippen molar-refractivity contribution in [1.29, 1.82) is 0 Å². The van der Waals surface area contributed by atoms with Crippen molar-refractivity contribution < 1.29 is 9.47 Å². The smallest absolute Gasteiger partial charge is 0.130 e. The van der Waals surface area contributed by atoms with E-state index in [-0.39, 0.29) is 6.04 Å². The summed E-state index contributed by atoms with van der Waals surface area (Å²) in [6.45, 7) is 4.48. The van der Waals surface area contributed by atoms with E-state index in [1.807, 2.05) is 36.9 Å². The molecule has 0 saturated heterocycles. The van der Waals surface area contributed by atoms with Crippen molar-refractivity contribution >= 4 is 0 Å². The molecule has 114 valence electrons. The summed E-state index contributed by atoms with van der Waals surface area (Å²) in [5, 5.41) is 4.42. The molecule has 2 aromatic rings. The highest BCUT2D eigenvalue weighted by Gasteiger charge is 2.11. The lowest BCUT2D eigenvalue weighted by Gasteiger charge is -2.15. The van der Waals surface area contributed by atoms with Gasteiger partial charge in [-0.15, -0.1) is 0 Å². The molecule has 0 aliphatic heterocycles. The normalized spacial score (nSPS) is 12.2. The van der Waals surface area contributed by atoms with E-state index in [0.717, 1.165) is 34.9 Å². The molecule has 2 rings (SSSR count). The van der Waals surface area contributed by atoms with Crippen LogP contribution in [0.15, 0.2) is 24.3 Å². The molecule has 0 spiro atoms. The Morgan fingerprint density at radius 1 is 1.33 bits per heavy atom. The highest BCUT2D eigenvalue weighted by Crippen LogP contribution is 2.29. The monoisotopic (exact) mass is 289 g/mol. The van der Waals surface area contributed by atoms with E-state index in [0.29, 0.717) is 6.61 Å². The Bertz CT molecular complexity index is 606. The highest BCUT2D eigenvalue weighted by molar-refractivity contribution is 5.42. The molecule has 0 aliphatic rings. The fraction of sp³-hybridized carbons (Fsp3) is 0.438. The molecule has 0 radical (unpaired) electrons. The van der Waals surface area contributed by atoms with Crippen molar-refractivity contribution in [3.05, 3.63) is 41.2 Å². The Morgan fingerprint density at radius 3 is 2.67 bits per heavy atom. The zero-order valence-electron chi connectivity index (χ0n) is 13.1. The number of benzene rings is 1. The molecule has 0 bridgehead atoms. The summed E-state index contributed by atoms with van der Waals surface area (Å²) >= 11 is 0. The summed E-state index contributed by atoms with van der Waals surface area (Å²) in [7, 11) is 3.56. The predicted octanol–water partition coefficient (Wildman–Crippen LogP) is 2.59. The molecule has 1 atom stereocenters. The largest absolute Gasteiger partial charge is 0.497 e. The van der Waals surface area contributed by atoms with E-state index in [1.165, 1.54) is 0 Å². The van der Waals surface area contributed by atoms with Crippen molar-refractivity contribution in [3.8, 4) is 11.5 Å². The third kappa shape index (κ3) is 3.55. The van der Waals surface area contributed by atoms with Crippen LogP contribution in [0.1, 0.15) is 36.8 Å². The number of hydrogen-bond donors (Lipinski definition) is 1. The van der Waals surface area contributed by atoms with Gasteiger partial charge < -0.3 is 15.2 Å². The first-order chi connectivity index (χ1) is 10.0. The second-order valence-electron chi connectivity index (χ2n) is 5.09. The van der Waals surface area contributed by atoms with Crippen LogP contribution in [0.5, 0.6) is 11.5 Å². The van der Waals surface area contributed by atoms with E-state index >= 15 is 0 Å². The molecule has 5 nitrogen and oxygen atoms in total. The Balaban J connectivity index is 2.19. The Labute approximate surface area is 125 Å². The molecule has 0 aliphatic carbocycles. The first kappa shape index (κ1) is 15.4. The molecule has 2 N–H and O–H groups in total. The van der Waals surface area contributed by atoms with Crippen molar-refractivity contribution in [1.82, 2.24) is 9.78 Å². The van der Waals surface area contributed by atoms with Gasteiger partial charge in [0.05, 0.1) is 18.5 Å². The Kier molecular flexibility index (Phi) is 4.85. The van der Waals surface area contributed by atoms with Crippen LogP contribution in [0.3, 0.4) is 0 Å². The first-order valence-corrected chi connectivity index (χ1v) is 7.13. The van der Waals surface area contributed by atoms with E-state index in [2.05, 4.69) is 18.1 Å². The molecule has 0 fully saturated rings. The van der Waals surface area contributed by atoms with Gasteiger partial charge in [-0.25, -0.2) is 0 Å². The fourth-order valence-electron chi connectivity index (χ4n) is 2.17. The van der Waals surface area contributed by atoms with Crippen LogP contribution < -0.4 is 15.2 Å². The minimum Gasteiger partial charge on any atom is -0.497 e. The topological polar surface area (TPSA) is 62.3 Å². The van der Waals surface area contributed by atoms with E-state index < -0.39 is 0 Å². The quantitative estimate of drug-likeness (QED) is 0.888. The summed E-state index contributed by atoms with van der Waals surface area (Å²) in [4.78, 5) is 0. The van der Waals surface area contributed by atoms with Gasteiger partial charge in [0.1, 0.15) is 18.1 Å². The average molecular weight is 289 g/mol. The Hall–Kier alpha value is -2.01. The van der Waals surface area contributed by atoms with Crippen LogP contribution in [0.2, 0.25) is 0 Å². The molecular formula is C16H23N3O2. The summed E-state index contributed by atoms with van der Waals surface area (Å²) in [6, 6.07) is 7.68. The fourth-order valence-corrected chi connectivity index (χ4v) is 2.17. The molecule has 21 heavy (non-hydrogen) atoms. The Morgan fingerprint density at radius 2 is 2.10 bits per heavy atom. The molecule has 0 unspecified atom stereocenters. The van der Waals surface area contributed by atoms with E-state index in [9.17, 15) is 0 Å². The number of hydrogen-bond acceptors (Lipinski definition) is 4. The van der Waals surface area contributed by atoms with Crippen LogP contribution in [-0.4, -0.2) is 16.9 Å². The number of nitrogens with two attached hydrogens (primary N) is 1. The lowest BCUT2D eigenvalue weighted by molar-refractivity contribution is 0.288. The lowest BCUT2D eigenvalue weighted by Crippen LogP contribution is -2.09. The van der Waals surface area contributed by atoms with Crippen molar-refractivity contribution in [3.63, 3.8) is 0 Å². The van der Waals surface area contributed by atoms with E-state index in [1.54, 1.807) is 7.11 Å². The number of methoxy groups -OCH3 is 1. The summed E-state index contributed by atoms with van der Waals surface area (Å²) in [5.41, 5.74) is 9.06. The zero-order valence-corrected chi connectivity index (χ0v) is 13.1. The van der Waals surface area contributed by atoms with Gasteiger partial charge in [0.2, 0.25) is 0 Å². The number of aromatic nitrogens is 2. The molecule has 5 heteroatoms. The third-order valence-electron chi connectivity index (χ3n) is 3.48. The maximum atomic E-state index is 5.99. The molecule has 1 heterocycles. The van der Waals surface area contributed by atoms with Gasteiger partial charge in [0, 0.05) is 24.7 Å². The minimum absolute atomic E-state index is 0.0938. The molecule has 0 saturated carbocycles. The van der Waals surface area contributed by atoms with Gasteiger partial charge in [-0.1, -0.05) is 13.0 Å². The zero-order chi connectivity index (χ0) is 15.4. The van der Waals surface area contributed by atoms with Crippen LogP contribution in [0.25, 0.3) is 0 Å². The number of ether oxygens (including phenoxy) is 2. The first-order valence-electron chi connectivity index (χ1n) is 7.13. The third-order valence-corrected chi connectivity index (χ3v) is 3.48. The number of aryl methyl sites for hydroxylation is 2. The van der Waals surface area contributed by atoms with Gasteiger partial charge in [0.15, 0.2) is 0 Å². The van der Waals surface area contributed by atoms with Gasteiger partial charge in [-0.3, -0.25) is 4.68 Å². The van der Waals surface area contributed by atoms with Crippen LogP contribution >= 0.6 is 0 Å². The summed E-state index contributed by atoms with van der Waals surface area (Å²) in [5.74, 6) is 1.51. The van der Waals surface area contributed by atoms with Crippen LogP contribution in [0.4, 0.5) is 0 Å². The van der Waals surface area contributed by atoms with Crippen molar-refractivity contribution in [2.24, 2.45) is 12.8 Å². The standard InChI is InChI=1S/C16H23N3O2/c1-5-12-8-13(19(3)18-12)10-21-16-9-14(20-4)6-7-15(16)11(2)17/h6-9,11H,5,10,17H2,1-4H3/t11-/m1/s1. The van der Waals surface area contributed by atoms with Gasteiger partial charge in [-0.05, 0) is 25.5 Å². The second kappa shape index (κ2) is 6.63. The molecule has 1 aromatic heterocycles. The van der Waals surface area contributed by atoms with Crippen molar-refractivity contribution in [2.75, 3.05) is 7.11 Å². The van der Waals surface area contributed by atoms with Crippen LogP contribution in [0, 0.1) is 0 Å². The van der Waals surface area contributed by atoms with E-state index in [4.69, 9.17) is 15.2 Å². The number of nitrogens with zero attached hydrogens (tertiary/aromatic N) is 2. The SMILES string of the molecule is CCc1cc(COc2cc(OC)ccc2[C@@H](C)N)n(C)n1. The van der Waals surface area contributed by atoms with Crippen molar-refractivity contribution in [2.45, 2.75) is 32.9 Å². The summed E-state index contributed by atoms with van der Waals surface area (Å²) < 4.78 is 13.0. The molecule has 1 aromatic carbocycles. The molecule has 0 amide bonds. The predicted molar refractivity (Wildman–Crippen MR) is 82.5 cm³/mol. The molecular weight excluding hydrogens is 266 g/mol. The van der Waals surface area contributed by atoms with Gasteiger partial charge >= 0.3 is 0 Å². The van der Waals surface area contributed by atoms with Gasteiger partial charge in [0.25, 0.3) is 0 Å². The van der Waals surface area contributed by atoms with Gasteiger partial charge in [-0.2, -0.15) is 5.10 Å². The number of rotatable bonds is 6. The average Bonchev–Trinajstić information content (AvgIpc) is 2.85. The second-order valence-corrected chi connectivity index (χ2v) is 5.09. The minimum atomic E-state index is -0.0938. The lowest BCUT2D eigenvalue weighted by atomic mass is 10.1. The maximum absolute atomic E-state index is 5.99. The highest BCUT2D eigenvalue weighted by atomic mass is 16.5. The summed E-state index contributed by atoms with van der Waals surface area (Å²) in [6.07, 6.45) is 0.915. The maximum Gasteiger partial charge on any atom is 0.130 e. The van der Waals surface area contributed by atoms with Crippen LogP contribution in [-0.2, 0) is 20.1 Å².